The van der Waals surface area contributed by atoms with Crippen LogP contribution >= 0.6 is 0 Å². The predicted molar refractivity (Wildman–Crippen MR) is 103 cm³/mol. The Morgan fingerprint density at radius 1 is 0.958 bits per heavy atom. The number of hydrogen-bond donors (Lipinski definition) is 0. The molecule has 0 radical (unpaired) electrons. The quantitative estimate of drug-likeness (QED) is 0.559. The van der Waals surface area contributed by atoms with Crippen LogP contribution in [0.4, 0.5) is 0 Å². The lowest BCUT2D eigenvalue weighted by Gasteiger charge is -2.08. The molecular formula is C23H27N. The number of aromatic nitrogens is 1. The third kappa shape index (κ3) is 4.44. The van der Waals surface area contributed by atoms with Crippen molar-refractivity contribution >= 4 is 5.57 Å². The molecule has 124 valence electrons. The van der Waals surface area contributed by atoms with E-state index >= 15 is 0 Å². The lowest BCUT2D eigenvalue weighted by atomic mass is 10.0. The summed E-state index contributed by atoms with van der Waals surface area (Å²) in [6.45, 7) is 4.43. The average Bonchev–Trinajstić information content (AvgIpc) is 3.02. The minimum atomic E-state index is 0.912. The lowest BCUT2D eigenvalue weighted by molar-refractivity contribution is 0.717. The average molecular weight is 317 g/mol. The summed E-state index contributed by atoms with van der Waals surface area (Å²) in [7, 11) is 0. The molecule has 0 aliphatic heterocycles. The second-order valence-corrected chi connectivity index (χ2v) is 6.85. The smallest absolute Gasteiger partial charge is 0.0668 e. The van der Waals surface area contributed by atoms with E-state index in [4.69, 9.17) is 4.98 Å². The van der Waals surface area contributed by atoms with Gasteiger partial charge in [-0.3, -0.25) is 4.98 Å². The summed E-state index contributed by atoms with van der Waals surface area (Å²) in [5.41, 5.74) is 7.85. The van der Waals surface area contributed by atoms with Crippen molar-refractivity contribution in [2.24, 2.45) is 0 Å². The Kier molecular flexibility index (Phi) is 5.63. The Labute approximate surface area is 146 Å². The van der Waals surface area contributed by atoms with E-state index in [1.807, 2.05) is 0 Å². The minimum absolute atomic E-state index is 0.912. The molecule has 1 heterocycles. The number of pyridine rings is 1. The Bertz CT molecular complexity index is 752. The molecule has 0 saturated heterocycles. The van der Waals surface area contributed by atoms with Gasteiger partial charge in [0.2, 0.25) is 0 Å². The molecule has 0 atom stereocenters. The number of benzene rings is 1. The first-order valence-electron chi connectivity index (χ1n) is 9.15. The zero-order chi connectivity index (χ0) is 16.8. The fourth-order valence-corrected chi connectivity index (χ4v) is 3.28. The van der Waals surface area contributed by atoms with Gasteiger partial charge in [-0.15, -0.1) is 0 Å². The number of unbranched alkanes of at least 4 members (excludes halogenated alkanes) is 2. The molecule has 1 aromatic heterocycles. The summed E-state index contributed by atoms with van der Waals surface area (Å²) in [4.78, 5) is 4.89. The van der Waals surface area contributed by atoms with Gasteiger partial charge in [0.05, 0.1) is 5.69 Å². The third-order valence-electron chi connectivity index (χ3n) is 4.62. The molecule has 1 aliphatic carbocycles. The molecule has 0 N–H and O–H groups in total. The van der Waals surface area contributed by atoms with Crippen molar-refractivity contribution in [3.63, 3.8) is 0 Å². The molecule has 0 amide bonds. The van der Waals surface area contributed by atoms with Crippen LogP contribution in [0, 0.1) is 0 Å². The molecule has 1 aromatic carbocycles. The van der Waals surface area contributed by atoms with Crippen LogP contribution in [0.15, 0.2) is 60.2 Å². The monoisotopic (exact) mass is 317 g/mol. The van der Waals surface area contributed by atoms with Crippen LogP contribution < -0.4 is 0 Å². The zero-order valence-corrected chi connectivity index (χ0v) is 14.9. The maximum absolute atomic E-state index is 4.89. The summed E-state index contributed by atoms with van der Waals surface area (Å²) < 4.78 is 0. The second kappa shape index (κ2) is 8.10. The van der Waals surface area contributed by atoms with E-state index in [2.05, 4.69) is 68.5 Å². The highest BCUT2D eigenvalue weighted by molar-refractivity contribution is 5.69. The fourth-order valence-electron chi connectivity index (χ4n) is 3.28. The van der Waals surface area contributed by atoms with Gasteiger partial charge in [-0.2, -0.15) is 0 Å². The van der Waals surface area contributed by atoms with Crippen LogP contribution in [0.25, 0.3) is 5.57 Å². The Morgan fingerprint density at radius 2 is 1.79 bits per heavy atom. The van der Waals surface area contributed by atoms with Crippen LogP contribution in [-0.2, 0) is 12.8 Å². The van der Waals surface area contributed by atoms with Gasteiger partial charge < -0.3 is 0 Å². The molecule has 0 fully saturated rings. The van der Waals surface area contributed by atoms with Gasteiger partial charge in [-0.1, -0.05) is 67.8 Å². The Morgan fingerprint density at radius 3 is 2.58 bits per heavy atom. The maximum Gasteiger partial charge on any atom is 0.0668 e. The van der Waals surface area contributed by atoms with E-state index < -0.39 is 0 Å². The first kappa shape index (κ1) is 16.7. The molecule has 1 heteroatoms. The first-order valence-corrected chi connectivity index (χ1v) is 9.15. The van der Waals surface area contributed by atoms with E-state index in [-0.39, 0.29) is 0 Å². The van der Waals surface area contributed by atoms with Crippen molar-refractivity contribution in [3.8, 4) is 0 Å². The van der Waals surface area contributed by atoms with Crippen LogP contribution in [0.2, 0.25) is 0 Å². The van der Waals surface area contributed by atoms with Gasteiger partial charge in [0, 0.05) is 12.1 Å². The van der Waals surface area contributed by atoms with E-state index in [9.17, 15) is 0 Å². The molecule has 1 aliphatic rings. The van der Waals surface area contributed by atoms with Crippen molar-refractivity contribution in [1.82, 2.24) is 4.98 Å². The number of hydrogen-bond acceptors (Lipinski definition) is 1. The van der Waals surface area contributed by atoms with Gasteiger partial charge in [0.15, 0.2) is 0 Å². The fraction of sp³-hybridized carbons (Fsp3) is 0.348. The van der Waals surface area contributed by atoms with Crippen molar-refractivity contribution in [2.75, 3.05) is 0 Å². The molecule has 0 unspecified atom stereocenters. The zero-order valence-electron chi connectivity index (χ0n) is 14.9. The van der Waals surface area contributed by atoms with Crippen LogP contribution in [0.3, 0.4) is 0 Å². The molecule has 0 saturated carbocycles. The molecule has 0 spiro atoms. The Hall–Kier alpha value is -2.15. The number of rotatable bonds is 7. The molecule has 24 heavy (non-hydrogen) atoms. The van der Waals surface area contributed by atoms with Crippen molar-refractivity contribution in [3.05, 3.63) is 82.7 Å². The van der Waals surface area contributed by atoms with Gasteiger partial charge in [-0.25, -0.2) is 0 Å². The highest BCUT2D eigenvalue weighted by atomic mass is 14.7. The molecule has 3 rings (SSSR count). The summed E-state index contributed by atoms with van der Waals surface area (Å²) in [5.74, 6) is 0. The van der Waals surface area contributed by atoms with Gasteiger partial charge in [0.1, 0.15) is 0 Å². The van der Waals surface area contributed by atoms with Gasteiger partial charge in [0.25, 0.3) is 0 Å². The molecule has 0 bridgehead atoms. The number of allylic oxidation sites excluding steroid dienone is 4. The second-order valence-electron chi connectivity index (χ2n) is 6.85. The summed E-state index contributed by atoms with van der Waals surface area (Å²) >= 11 is 0. The SMILES string of the molecule is CCCCCc1cccc(Cc2cccc(C3=CC=C(C)C3)n2)c1. The highest BCUT2D eigenvalue weighted by Gasteiger charge is 2.09. The minimum Gasteiger partial charge on any atom is -0.253 e. The maximum atomic E-state index is 4.89. The van der Waals surface area contributed by atoms with Crippen molar-refractivity contribution in [1.29, 1.82) is 0 Å². The summed E-state index contributed by atoms with van der Waals surface area (Å²) in [6, 6.07) is 15.4. The first-order chi connectivity index (χ1) is 11.7. The normalized spacial score (nSPS) is 13.8. The van der Waals surface area contributed by atoms with Crippen LogP contribution in [0.1, 0.15) is 62.0 Å². The molecular weight excluding hydrogens is 290 g/mol. The number of aryl methyl sites for hydroxylation is 1. The van der Waals surface area contributed by atoms with E-state index in [1.165, 1.54) is 48.0 Å². The van der Waals surface area contributed by atoms with Crippen molar-refractivity contribution < 1.29 is 0 Å². The van der Waals surface area contributed by atoms with E-state index in [0.29, 0.717) is 0 Å². The lowest BCUT2D eigenvalue weighted by Crippen LogP contribution is -1.97. The van der Waals surface area contributed by atoms with Crippen LogP contribution in [0.5, 0.6) is 0 Å². The van der Waals surface area contributed by atoms with E-state index in [1.54, 1.807) is 0 Å². The Balaban J connectivity index is 1.69. The topological polar surface area (TPSA) is 12.9 Å². The standard InChI is InChI=1S/C23H27N/c1-3-4-5-8-19-9-6-10-20(16-19)17-22-11-7-12-23(24-22)21-14-13-18(2)15-21/h6-7,9-14,16H,3-5,8,15,17H2,1-2H3. The summed E-state index contributed by atoms with van der Waals surface area (Å²) in [6.07, 6.45) is 11.4. The van der Waals surface area contributed by atoms with Gasteiger partial charge >= 0.3 is 0 Å². The number of nitrogens with zero attached hydrogens (tertiary/aromatic N) is 1. The van der Waals surface area contributed by atoms with Crippen LogP contribution in [-0.4, -0.2) is 4.98 Å². The van der Waals surface area contributed by atoms with Gasteiger partial charge in [-0.05, 0) is 55.0 Å². The molecule has 1 nitrogen and oxygen atoms in total. The third-order valence-corrected chi connectivity index (χ3v) is 4.62. The highest BCUT2D eigenvalue weighted by Crippen LogP contribution is 2.26. The predicted octanol–water partition coefficient (Wildman–Crippen LogP) is 6.14. The van der Waals surface area contributed by atoms with E-state index in [0.717, 1.165) is 24.2 Å². The summed E-state index contributed by atoms with van der Waals surface area (Å²) in [5, 5.41) is 0. The van der Waals surface area contributed by atoms with Crippen molar-refractivity contribution in [2.45, 2.75) is 52.4 Å². The largest absolute Gasteiger partial charge is 0.253 e. The molecule has 2 aromatic rings.